The van der Waals surface area contributed by atoms with Crippen LogP contribution in [0.15, 0.2) is 36.7 Å². The molecule has 1 aromatic carbocycles. The van der Waals surface area contributed by atoms with Crippen molar-refractivity contribution in [1.82, 2.24) is 15.2 Å². The molecule has 0 aliphatic carbocycles. The first-order valence-corrected chi connectivity index (χ1v) is 8.67. The molecule has 0 spiro atoms. The van der Waals surface area contributed by atoms with E-state index in [1.54, 1.807) is 37.6 Å². The summed E-state index contributed by atoms with van der Waals surface area (Å²) in [4.78, 5) is 17.8. The third kappa shape index (κ3) is 5.99. The lowest BCUT2D eigenvalue weighted by Gasteiger charge is -2.24. The Hall–Kier alpha value is -3.09. The van der Waals surface area contributed by atoms with Gasteiger partial charge in [0.05, 0.1) is 5.52 Å². The third-order valence-corrected chi connectivity index (χ3v) is 3.71. The van der Waals surface area contributed by atoms with E-state index >= 15 is 0 Å². The number of carbonyl (C=O) groups excluding carboxylic acids is 1. The molecular formula is C20H26N4O3. The predicted octanol–water partition coefficient (Wildman–Crippen LogP) is 3.39. The van der Waals surface area contributed by atoms with E-state index in [4.69, 9.17) is 10.1 Å². The molecule has 1 heterocycles. The summed E-state index contributed by atoms with van der Waals surface area (Å²) in [6.45, 7) is 6.45. The maximum Gasteiger partial charge on any atom is 0.410 e. The lowest BCUT2D eigenvalue weighted by Crippen LogP contribution is -2.37. The van der Waals surface area contributed by atoms with Gasteiger partial charge >= 0.3 is 6.09 Å². The predicted molar refractivity (Wildman–Crippen MR) is 107 cm³/mol. The van der Waals surface area contributed by atoms with Gasteiger partial charge in [0.2, 0.25) is 0 Å². The first-order valence-electron chi connectivity index (χ1n) is 8.67. The fourth-order valence-corrected chi connectivity index (χ4v) is 2.33. The van der Waals surface area contributed by atoms with Crippen LogP contribution >= 0.6 is 0 Å². The normalized spacial score (nSPS) is 11.9. The van der Waals surface area contributed by atoms with Crippen LogP contribution in [0.4, 0.5) is 4.79 Å². The zero-order valence-electron chi connectivity index (χ0n) is 16.1. The van der Waals surface area contributed by atoms with E-state index in [1.165, 1.54) is 11.1 Å². The van der Waals surface area contributed by atoms with Crippen molar-refractivity contribution < 1.29 is 14.6 Å². The standard InChI is InChI=1S/C20H26N4O3/c1-20(2,3)27-19(26)24(4)8-7-22-12-16(11-21)15-9-14-10-17(25)5-6-18(14)23-13-15/h5-6,9-13,21-22,25H,7-8H2,1-4H3/b16-12+,21-11?. The van der Waals surface area contributed by atoms with Gasteiger partial charge in [0.15, 0.2) is 0 Å². The molecule has 1 amide bonds. The lowest BCUT2D eigenvalue weighted by molar-refractivity contribution is 0.0302. The average Bonchev–Trinajstić information content (AvgIpc) is 2.59. The fraction of sp³-hybridized carbons (Fsp3) is 0.350. The summed E-state index contributed by atoms with van der Waals surface area (Å²) in [5.74, 6) is 0.171. The highest BCUT2D eigenvalue weighted by Gasteiger charge is 2.18. The summed E-state index contributed by atoms with van der Waals surface area (Å²) in [7, 11) is 1.68. The number of phenolic OH excluding ortho intramolecular Hbond substituents is 1. The van der Waals surface area contributed by atoms with E-state index in [9.17, 15) is 9.90 Å². The number of aromatic hydroxyl groups is 1. The molecule has 27 heavy (non-hydrogen) atoms. The van der Waals surface area contributed by atoms with Crippen molar-refractivity contribution in [3.8, 4) is 5.75 Å². The number of amides is 1. The number of hydrogen-bond acceptors (Lipinski definition) is 6. The van der Waals surface area contributed by atoms with Crippen molar-refractivity contribution in [2.24, 2.45) is 0 Å². The van der Waals surface area contributed by atoms with Crippen molar-refractivity contribution in [1.29, 1.82) is 5.41 Å². The van der Waals surface area contributed by atoms with Gasteiger partial charge < -0.3 is 25.5 Å². The Morgan fingerprint density at radius 2 is 2.11 bits per heavy atom. The van der Waals surface area contributed by atoms with Gasteiger partial charge in [-0.3, -0.25) is 4.98 Å². The number of carbonyl (C=O) groups is 1. The van der Waals surface area contributed by atoms with Crippen molar-refractivity contribution in [2.45, 2.75) is 26.4 Å². The molecule has 0 aliphatic heterocycles. The number of nitrogens with one attached hydrogen (secondary N) is 2. The molecule has 0 unspecified atom stereocenters. The topological polar surface area (TPSA) is 98.5 Å². The highest BCUT2D eigenvalue weighted by molar-refractivity contribution is 6.08. The number of likely N-dealkylation sites (N-methyl/N-ethyl adjacent to an activating group) is 1. The molecule has 0 fully saturated rings. The van der Waals surface area contributed by atoms with Crippen LogP contribution in [0.2, 0.25) is 0 Å². The SMILES string of the molecule is CN(CCN/C=C(\C=N)c1cnc2ccc(O)cc2c1)C(=O)OC(C)(C)C. The number of aromatic nitrogens is 1. The Balaban J connectivity index is 1.98. The number of benzene rings is 1. The van der Waals surface area contributed by atoms with Gasteiger partial charge in [-0.1, -0.05) is 0 Å². The summed E-state index contributed by atoms with van der Waals surface area (Å²) in [5, 5.41) is 21.2. The summed E-state index contributed by atoms with van der Waals surface area (Å²) in [6, 6.07) is 6.84. The van der Waals surface area contributed by atoms with E-state index < -0.39 is 5.60 Å². The lowest BCUT2D eigenvalue weighted by atomic mass is 10.1. The molecule has 0 radical (unpaired) electrons. The van der Waals surface area contributed by atoms with Crippen molar-refractivity contribution in [2.75, 3.05) is 20.1 Å². The minimum absolute atomic E-state index is 0.171. The number of fused-ring (bicyclic) bond motifs is 1. The number of pyridine rings is 1. The number of nitrogens with zero attached hydrogens (tertiary/aromatic N) is 2. The van der Waals surface area contributed by atoms with Gasteiger partial charge in [-0.05, 0) is 45.0 Å². The number of ether oxygens (including phenoxy) is 1. The van der Waals surface area contributed by atoms with Crippen LogP contribution in [-0.2, 0) is 4.74 Å². The zero-order valence-corrected chi connectivity index (χ0v) is 16.1. The molecule has 0 aliphatic rings. The van der Waals surface area contributed by atoms with E-state index in [1.807, 2.05) is 26.8 Å². The van der Waals surface area contributed by atoms with Crippen LogP contribution in [0.3, 0.4) is 0 Å². The van der Waals surface area contributed by atoms with Gasteiger partial charge in [-0.25, -0.2) is 4.79 Å². The number of allylic oxidation sites excluding steroid dienone is 1. The Kier molecular flexibility index (Phi) is 6.39. The molecular weight excluding hydrogens is 344 g/mol. The smallest absolute Gasteiger partial charge is 0.410 e. The van der Waals surface area contributed by atoms with E-state index in [2.05, 4.69) is 10.3 Å². The second-order valence-electron chi connectivity index (χ2n) is 7.20. The molecule has 7 nitrogen and oxygen atoms in total. The Morgan fingerprint density at radius 3 is 2.78 bits per heavy atom. The Bertz CT molecular complexity index is 856. The minimum Gasteiger partial charge on any atom is -0.508 e. The molecule has 0 saturated carbocycles. The summed E-state index contributed by atoms with van der Waals surface area (Å²) in [6.07, 6.45) is 4.25. The first-order chi connectivity index (χ1) is 12.7. The quantitative estimate of drug-likeness (QED) is 0.535. The molecule has 2 rings (SSSR count). The summed E-state index contributed by atoms with van der Waals surface area (Å²) >= 11 is 0. The monoisotopic (exact) mass is 370 g/mol. The van der Waals surface area contributed by atoms with Crippen LogP contribution in [0.5, 0.6) is 5.75 Å². The highest BCUT2D eigenvalue weighted by Crippen LogP contribution is 2.21. The first kappa shape index (κ1) is 20.2. The summed E-state index contributed by atoms with van der Waals surface area (Å²) in [5.41, 5.74) is 1.65. The average molecular weight is 370 g/mol. The second kappa shape index (κ2) is 8.53. The fourth-order valence-electron chi connectivity index (χ4n) is 2.33. The minimum atomic E-state index is -0.524. The van der Waals surface area contributed by atoms with Crippen LogP contribution < -0.4 is 5.32 Å². The number of hydrogen-bond donors (Lipinski definition) is 3. The van der Waals surface area contributed by atoms with E-state index in [0.29, 0.717) is 18.7 Å². The molecule has 144 valence electrons. The van der Waals surface area contributed by atoms with Gasteiger partial charge in [0.25, 0.3) is 0 Å². The van der Waals surface area contributed by atoms with Crippen LogP contribution in [-0.4, -0.2) is 53.0 Å². The van der Waals surface area contributed by atoms with Crippen LogP contribution in [0, 0.1) is 5.41 Å². The van der Waals surface area contributed by atoms with E-state index in [0.717, 1.165) is 16.5 Å². The molecule has 1 aromatic heterocycles. The Morgan fingerprint density at radius 1 is 1.37 bits per heavy atom. The van der Waals surface area contributed by atoms with Crippen molar-refractivity contribution in [3.05, 3.63) is 42.2 Å². The highest BCUT2D eigenvalue weighted by atomic mass is 16.6. The van der Waals surface area contributed by atoms with E-state index in [-0.39, 0.29) is 11.8 Å². The Labute approximate surface area is 159 Å². The van der Waals surface area contributed by atoms with Crippen LogP contribution in [0.1, 0.15) is 26.3 Å². The molecule has 0 atom stereocenters. The van der Waals surface area contributed by atoms with Gasteiger partial charge in [0.1, 0.15) is 11.4 Å². The number of phenols is 1. The second-order valence-corrected chi connectivity index (χ2v) is 7.20. The molecule has 3 N–H and O–H groups in total. The molecule has 7 heteroatoms. The van der Waals surface area contributed by atoms with Gasteiger partial charge in [0, 0.05) is 55.3 Å². The van der Waals surface area contributed by atoms with Crippen LogP contribution in [0.25, 0.3) is 16.5 Å². The molecule has 0 saturated heterocycles. The summed E-state index contributed by atoms with van der Waals surface area (Å²) < 4.78 is 5.30. The van der Waals surface area contributed by atoms with Crippen molar-refractivity contribution >= 4 is 28.8 Å². The maximum atomic E-state index is 11.9. The number of rotatable bonds is 6. The molecule has 0 bridgehead atoms. The largest absolute Gasteiger partial charge is 0.508 e. The third-order valence-electron chi connectivity index (χ3n) is 3.71. The maximum absolute atomic E-state index is 11.9. The van der Waals surface area contributed by atoms with Crippen molar-refractivity contribution in [3.63, 3.8) is 0 Å². The molecule has 2 aromatic rings. The zero-order chi connectivity index (χ0) is 20.0. The van der Waals surface area contributed by atoms with Gasteiger partial charge in [-0.2, -0.15) is 0 Å². The van der Waals surface area contributed by atoms with Gasteiger partial charge in [-0.15, -0.1) is 0 Å².